The van der Waals surface area contributed by atoms with E-state index in [0.29, 0.717) is 6.42 Å². The summed E-state index contributed by atoms with van der Waals surface area (Å²) < 4.78 is 5.61. The van der Waals surface area contributed by atoms with Gasteiger partial charge in [0, 0.05) is 17.9 Å². The lowest BCUT2D eigenvalue weighted by molar-refractivity contribution is -0.144. The van der Waals surface area contributed by atoms with Crippen LogP contribution in [0.2, 0.25) is 0 Å². The van der Waals surface area contributed by atoms with E-state index in [1.54, 1.807) is 18.4 Å². The molecule has 0 unspecified atom stereocenters. The van der Waals surface area contributed by atoms with E-state index in [1.165, 1.54) is 6.42 Å². The molecule has 112 valence electrons. The van der Waals surface area contributed by atoms with Crippen LogP contribution in [0.4, 0.5) is 0 Å². The van der Waals surface area contributed by atoms with Crippen molar-refractivity contribution in [2.75, 3.05) is 7.11 Å². The van der Waals surface area contributed by atoms with Crippen molar-refractivity contribution in [1.29, 1.82) is 0 Å². The molecule has 2 rings (SSSR count). The Morgan fingerprint density at radius 1 is 1.35 bits per heavy atom. The Hall–Kier alpha value is -0.740. The minimum atomic E-state index is -0.550. The second-order valence-corrected chi connectivity index (χ2v) is 7.68. The van der Waals surface area contributed by atoms with E-state index in [1.807, 2.05) is 0 Å². The topological polar surface area (TPSA) is 39.2 Å². The fraction of sp³-hybridized carbons (Fsp3) is 0.750. The van der Waals surface area contributed by atoms with E-state index in [0.717, 1.165) is 36.4 Å². The lowest BCUT2D eigenvalue weighted by atomic mass is 9.80. The molecule has 0 radical (unpaired) electrons. The second kappa shape index (κ2) is 5.94. The summed E-state index contributed by atoms with van der Waals surface area (Å²) >= 11 is 1.59. The molecule has 0 saturated heterocycles. The maximum Gasteiger partial charge on any atom is 0.171 e. The maximum absolute atomic E-state index is 12.6. The van der Waals surface area contributed by atoms with Gasteiger partial charge < -0.3 is 4.74 Å². The van der Waals surface area contributed by atoms with E-state index in [-0.39, 0.29) is 11.2 Å². The highest BCUT2D eigenvalue weighted by molar-refractivity contribution is 7.09. The van der Waals surface area contributed by atoms with Gasteiger partial charge >= 0.3 is 0 Å². The molecule has 0 aliphatic heterocycles. The highest BCUT2D eigenvalue weighted by Gasteiger charge is 2.39. The molecular weight excluding hydrogens is 270 g/mol. The van der Waals surface area contributed by atoms with Crippen molar-refractivity contribution in [3.05, 3.63) is 16.1 Å². The first-order chi connectivity index (χ1) is 9.37. The molecule has 0 spiro atoms. The number of hydrogen-bond donors (Lipinski definition) is 0. The van der Waals surface area contributed by atoms with Crippen molar-refractivity contribution < 1.29 is 9.53 Å². The predicted octanol–water partition coefficient (Wildman–Crippen LogP) is 3.90. The molecule has 1 aromatic rings. The Balaban J connectivity index is 2.09. The molecule has 1 aromatic heterocycles. The highest BCUT2D eigenvalue weighted by atomic mass is 32.1. The Morgan fingerprint density at radius 2 is 2.00 bits per heavy atom. The summed E-state index contributed by atoms with van der Waals surface area (Å²) in [6.45, 7) is 6.43. The number of ether oxygens (including phenoxy) is 1. The summed E-state index contributed by atoms with van der Waals surface area (Å²) in [5.41, 5.74) is 0.563. The van der Waals surface area contributed by atoms with Crippen molar-refractivity contribution >= 4 is 17.1 Å². The first-order valence-corrected chi connectivity index (χ1v) is 8.29. The summed E-state index contributed by atoms with van der Waals surface area (Å²) in [5.74, 6) is 0.203. The van der Waals surface area contributed by atoms with E-state index < -0.39 is 5.60 Å². The molecule has 1 heterocycles. The van der Waals surface area contributed by atoms with E-state index in [9.17, 15) is 4.79 Å². The van der Waals surface area contributed by atoms with Crippen LogP contribution in [0, 0.1) is 0 Å². The third-order valence-electron chi connectivity index (χ3n) is 4.19. The van der Waals surface area contributed by atoms with Gasteiger partial charge in [0.15, 0.2) is 5.78 Å². The second-order valence-electron chi connectivity index (χ2n) is 6.74. The van der Waals surface area contributed by atoms with Crippen LogP contribution in [-0.2, 0) is 21.4 Å². The normalized spacial score (nSPS) is 19.0. The van der Waals surface area contributed by atoms with Crippen LogP contribution in [0.25, 0.3) is 0 Å². The SMILES string of the molecule is COC1(C(=O)Cc2nc(C(C)(C)C)cs2)CCCCC1. The largest absolute Gasteiger partial charge is 0.370 e. The molecule has 1 aliphatic rings. The number of methoxy groups -OCH3 is 1. The summed E-state index contributed by atoms with van der Waals surface area (Å²) in [4.78, 5) is 17.2. The van der Waals surface area contributed by atoms with Gasteiger partial charge in [0.1, 0.15) is 10.6 Å². The van der Waals surface area contributed by atoms with Gasteiger partial charge in [-0.15, -0.1) is 11.3 Å². The Bertz CT molecular complexity index is 467. The minimum Gasteiger partial charge on any atom is -0.370 e. The van der Waals surface area contributed by atoms with Gasteiger partial charge in [0.25, 0.3) is 0 Å². The summed E-state index contributed by atoms with van der Waals surface area (Å²) in [6.07, 6.45) is 5.52. The lowest BCUT2D eigenvalue weighted by Gasteiger charge is -2.34. The van der Waals surface area contributed by atoms with Crippen molar-refractivity contribution in [1.82, 2.24) is 4.98 Å². The molecule has 1 saturated carbocycles. The van der Waals surface area contributed by atoms with Gasteiger partial charge in [-0.1, -0.05) is 40.0 Å². The lowest BCUT2D eigenvalue weighted by Crippen LogP contribution is -2.43. The fourth-order valence-electron chi connectivity index (χ4n) is 2.75. The van der Waals surface area contributed by atoms with Crippen LogP contribution in [0.1, 0.15) is 63.6 Å². The van der Waals surface area contributed by atoms with E-state index in [4.69, 9.17) is 4.74 Å². The van der Waals surface area contributed by atoms with E-state index >= 15 is 0 Å². The molecule has 0 aromatic carbocycles. The Morgan fingerprint density at radius 3 is 2.50 bits per heavy atom. The Labute approximate surface area is 125 Å². The summed E-state index contributed by atoms with van der Waals surface area (Å²) in [5, 5.41) is 2.99. The monoisotopic (exact) mass is 295 g/mol. The van der Waals surface area contributed by atoms with Crippen LogP contribution in [-0.4, -0.2) is 23.5 Å². The van der Waals surface area contributed by atoms with Crippen LogP contribution in [0.15, 0.2) is 5.38 Å². The first kappa shape index (κ1) is 15.6. The van der Waals surface area contributed by atoms with Crippen molar-refractivity contribution in [3.8, 4) is 0 Å². The number of aromatic nitrogens is 1. The predicted molar refractivity (Wildman–Crippen MR) is 82.4 cm³/mol. The molecule has 20 heavy (non-hydrogen) atoms. The average molecular weight is 295 g/mol. The smallest absolute Gasteiger partial charge is 0.171 e. The molecule has 1 fully saturated rings. The fourth-order valence-corrected chi connectivity index (χ4v) is 3.77. The van der Waals surface area contributed by atoms with Crippen LogP contribution in [0.5, 0.6) is 0 Å². The minimum absolute atomic E-state index is 0.0432. The maximum atomic E-state index is 12.6. The van der Waals surface area contributed by atoms with E-state index in [2.05, 4.69) is 31.1 Å². The van der Waals surface area contributed by atoms with Crippen molar-refractivity contribution in [2.45, 2.75) is 70.3 Å². The summed E-state index contributed by atoms with van der Waals surface area (Å²) in [7, 11) is 1.67. The number of hydrogen-bond acceptors (Lipinski definition) is 4. The van der Waals surface area contributed by atoms with Gasteiger partial charge in [-0.2, -0.15) is 0 Å². The molecule has 0 N–H and O–H groups in total. The average Bonchev–Trinajstić information content (AvgIpc) is 2.88. The number of nitrogens with zero attached hydrogens (tertiary/aromatic N) is 1. The molecule has 0 amide bonds. The van der Waals surface area contributed by atoms with Crippen LogP contribution < -0.4 is 0 Å². The zero-order valence-corrected chi connectivity index (χ0v) is 13.8. The quantitative estimate of drug-likeness (QED) is 0.845. The molecule has 3 nitrogen and oxygen atoms in total. The van der Waals surface area contributed by atoms with Crippen LogP contribution in [0.3, 0.4) is 0 Å². The third-order valence-corrected chi connectivity index (χ3v) is 5.04. The number of thiazole rings is 1. The zero-order valence-electron chi connectivity index (χ0n) is 13.0. The zero-order chi connectivity index (χ0) is 14.8. The number of carbonyl (C=O) groups is 1. The first-order valence-electron chi connectivity index (χ1n) is 7.41. The van der Waals surface area contributed by atoms with Gasteiger partial charge in [0.2, 0.25) is 0 Å². The molecule has 0 atom stereocenters. The number of rotatable bonds is 4. The number of carbonyl (C=O) groups excluding carboxylic acids is 1. The highest BCUT2D eigenvalue weighted by Crippen LogP contribution is 2.33. The third kappa shape index (κ3) is 3.29. The molecular formula is C16H25NO2S. The number of Topliss-reactive ketones (excluding diaryl/α,β-unsaturated/α-hetero) is 1. The Kier molecular flexibility index (Phi) is 4.65. The van der Waals surface area contributed by atoms with Crippen molar-refractivity contribution in [3.63, 3.8) is 0 Å². The van der Waals surface area contributed by atoms with Crippen molar-refractivity contribution in [2.24, 2.45) is 0 Å². The summed E-state index contributed by atoms with van der Waals surface area (Å²) in [6, 6.07) is 0. The molecule has 0 bridgehead atoms. The van der Waals surface area contributed by atoms with Crippen LogP contribution >= 0.6 is 11.3 Å². The standard InChI is InChI=1S/C16H25NO2S/c1-15(2,3)12-11-20-14(17-12)10-13(18)16(19-4)8-6-5-7-9-16/h11H,5-10H2,1-4H3. The van der Waals surface area contributed by atoms with Gasteiger partial charge in [-0.05, 0) is 12.8 Å². The van der Waals surface area contributed by atoms with Gasteiger partial charge in [-0.25, -0.2) is 4.98 Å². The van der Waals surface area contributed by atoms with Gasteiger partial charge in [-0.3, -0.25) is 4.79 Å². The molecule has 1 aliphatic carbocycles. The van der Waals surface area contributed by atoms with Gasteiger partial charge in [0.05, 0.1) is 12.1 Å². The molecule has 4 heteroatoms. The number of ketones is 1.